The van der Waals surface area contributed by atoms with E-state index in [2.05, 4.69) is 32.7 Å². The summed E-state index contributed by atoms with van der Waals surface area (Å²) in [7, 11) is 0. The van der Waals surface area contributed by atoms with Crippen molar-refractivity contribution >= 4 is 22.6 Å². The summed E-state index contributed by atoms with van der Waals surface area (Å²) in [6, 6.07) is 11.8. The molecule has 0 aliphatic heterocycles. The molecular formula is C14H13ClN4. The molecule has 0 aliphatic carbocycles. The largest absolute Gasteiger partial charge is 0.328 e. The van der Waals surface area contributed by atoms with E-state index in [0.29, 0.717) is 11.6 Å². The van der Waals surface area contributed by atoms with Crippen LogP contribution in [0.1, 0.15) is 18.4 Å². The lowest BCUT2D eigenvalue weighted by atomic mass is 10.3. The number of para-hydroxylation sites is 2. The highest BCUT2D eigenvalue weighted by Crippen LogP contribution is 2.17. The number of hydrogen-bond donors (Lipinski definition) is 0. The predicted molar refractivity (Wildman–Crippen MR) is 75.3 cm³/mol. The maximum atomic E-state index is 5.74. The summed E-state index contributed by atoms with van der Waals surface area (Å²) in [4.78, 5) is 4.66. The van der Waals surface area contributed by atoms with E-state index in [4.69, 9.17) is 11.6 Å². The first kappa shape index (κ1) is 12.1. The average molecular weight is 273 g/mol. The monoisotopic (exact) mass is 272 g/mol. The smallest absolute Gasteiger partial charge is 0.151 e. The van der Waals surface area contributed by atoms with E-state index in [1.807, 2.05) is 24.3 Å². The second-order valence-electron chi connectivity index (χ2n) is 4.29. The molecule has 0 aliphatic rings. The number of hydrogen-bond acceptors (Lipinski definition) is 3. The zero-order valence-electron chi connectivity index (χ0n) is 10.5. The first-order valence-corrected chi connectivity index (χ1v) is 6.58. The van der Waals surface area contributed by atoms with Gasteiger partial charge in [0.2, 0.25) is 0 Å². The zero-order chi connectivity index (χ0) is 13.2. The van der Waals surface area contributed by atoms with Crippen molar-refractivity contribution in [2.24, 2.45) is 0 Å². The topological polar surface area (TPSA) is 43.6 Å². The van der Waals surface area contributed by atoms with Crippen LogP contribution in [0.15, 0.2) is 36.4 Å². The lowest BCUT2D eigenvalue weighted by Crippen LogP contribution is -2.04. The van der Waals surface area contributed by atoms with Crippen molar-refractivity contribution in [1.82, 2.24) is 19.7 Å². The van der Waals surface area contributed by atoms with Gasteiger partial charge in [-0.1, -0.05) is 23.7 Å². The lowest BCUT2D eigenvalue weighted by Gasteiger charge is -2.05. The van der Waals surface area contributed by atoms with E-state index >= 15 is 0 Å². The molecule has 0 unspecified atom stereocenters. The molecule has 0 bridgehead atoms. The van der Waals surface area contributed by atoms with Crippen molar-refractivity contribution in [3.63, 3.8) is 0 Å². The van der Waals surface area contributed by atoms with Crippen LogP contribution in [0.5, 0.6) is 0 Å². The molecule has 1 aromatic carbocycles. The Morgan fingerprint density at radius 1 is 1.11 bits per heavy atom. The Bertz CT molecular complexity index is 703. The van der Waals surface area contributed by atoms with Crippen LogP contribution in [0.4, 0.5) is 0 Å². The van der Waals surface area contributed by atoms with Crippen LogP contribution < -0.4 is 0 Å². The summed E-state index contributed by atoms with van der Waals surface area (Å²) in [5.74, 6) is 1.00. The molecule has 96 valence electrons. The van der Waals surface area contributed by atoms with Crippen LogP contribution in [0.2, 0.25) is 5.15 Å². The first-order chi connectivity index (χ1) is 9.28. The van der Waals surface area contributed by atoms with Crippen LogP contribution in [-0.4, -0.2) is 19.7 Å². The van der Waals surface area contributed by atoms with Gasteiger partial charge in [-0.25, -0.2) is 4.98 Å². The van der Waals surface area contributed by atoms with E-state index in [-0.39, 0.29) is 0 Å². The summed E-state index contributed by atoms with van der Waals surface area (Å²) in [6.45, 7) is 3.00. The summed E-state index contributed by atoms with van der Waals surface area (Å²) in [6.07, 6.45) is 0.659. The van der Waals surface area contributed by atoms with Crippen LogP contribution in [0.25, 0.3) is 11.0 Å². The number of nitrogens with zero attached hydrogens (tertiary/aromatic N) is 4. The van der Waals surface area contributed by atoms with E-state index in [9.17, 15) is 0 Å². The maximum Gasteiger partial charge on any atom is 0.151 e. The minimum Gasteiger partial charge on any atom is -0.328 e. The van der Waals surface area contributed by atoms with E-state index < -0.39 is 0 Å². The fourth-order valence-corrected chi connectivity index (χ4v) is 2.31. The molecule has 2 heterocycles. The molecule has 0 radical (unpaired) electrons. The number of rotatable bonds is 3. The van der Waals surface area contributed by atoms with Crippen LogP contribution >= 0.6 is 11.6 Å². The average Bonchev–Trinajstić information content (AvgIpc) is 2.78. The lowest BCUT2D eigenvalue weighted by molar-refractivity contribution is 0.725. The molecule has 0 atom stereocenters. The number of aromatic nitrogens is 4. The normalized spacial score (nSPS) is 11.1. The molecule has 2 aromatic heterocycles. The highest BCUT2D eigenvalue weighted by atomic mass is 35.5. The van der Waals surface area contributed by atoms with E-state index in [1.165, 1.54) is 0 Å². The van der Waals surface area contributed by atoms with Gasteiger partial charge in [-0.05, 0) is 31.2 Å². The summed E-state index contributed by atoms with van der Waals surface area (Å²) in [5.41, 5.74) is 3.04. The standard InChI is InChI=1S/C14H13ClN4/c1-2-19-12-6-4-3-5-11(12)16-14(19)9-10-7-8-13(15)18-17-10/h3-8H,2,9H2,1H3. The van der Waals surface area contributed by atoms with Crippen molar-refractivity contribution in [1.29, 1.82) is 0 Å². The quantitative estimate of drug-likeness (QED) is 0.736. The van der Waals surface area contributed by atoms with Gasteiger partial charge in [0.05, 0.1) is 23.1 Å². The zero-order valence-corrected chi connectivity index (χ0v) is 11.3. The van der Waals surface area contributed by atoms with Gasteiger partial charge in [-0.15, -0.1) is 5.10 Å². The van der Waals surface area contributed by atoms with Crippen molar-refractivity contribution in [3.8, 4) is 0 Å². The highest BCUT2D eigenvalue weighted by Gasteiger charge is 2.10. The van der Waals surface area contributed by atoms with Crippen molar-refractivity contribution < 1.29 is 0 Å². The minimum absolute atomic E-state index is 0.410. The van der Waals surface area contributed by atoms with Crippen molar-refractivity contribution in [2.75, 3.05) is 0 Å². The number of imidazole rings is 1. The number of aryl methyl sites for hydroxylation is 1. The van der Waals surface area contributed by atoms with Gasteiger partial charge in [0, 0.05) is 6.54 Å². The number of halogens is 1. The van der Waals surface area contributed by atoms with Gasteiger partial charge in [-0.3, -0.25) is 0 Å². The Kier molecular flexibility index (Phi) is 3.17. The summed E-state index contributed by atoms with van der Waals surface area (Å²) < 4.78 is 2.20. The number of fused-ring (bicyclic) bond motifs is 1. The molecular weight excluding hydrogens is 260 g/mol. The molecule has 0 fully saturated rings. The first-order valence-electron chi connectivity index (χ1n) is 6.20. The van der Waals surface area contributed by atoms with Gasteiger partial charge in [0.25, 0.3) is 0 Å². The molecule has 3 rings (SSSR count). The second-order valence-corrected chi connectivity index (χ2v) is 4.67. The van der Waals surface area contributed by atoms with Gasteiger partial charge in [0.15, 0.2) is 5.15 Å². The molecule has 0 saturated heterocycles. The minimum atomic E-state index is 0.410. The highest BCUT2D eigenvalue weighted by molar-refractivity contribution is 6.29. The van der Waals surface area contributed by atoms with Gasteiger partial charge < -0.3 is 4.57 Å². The van der Waals surface area contributed by atoms with Gasteiger partial charge in [-0.2, -0.15) is 5.10 Å². The molecule has 4 nitrogen and oxygen atoms in total. The molecule has 5 heteroatoms. The fraction of sp³-hybridized carbons (Fsp3) is 0.214. The fourth-order valence-electron chi connectivity index (χ4n) is 2.21. The third-order valence-electron chi connectivity index (χ3n) is 3.08. The Hall–Kier alpha value is -1.94. The van der Waals surface area contributed by atoms with Crippen molar-refractivity contribution in [3.05, 3.63) is 53.1 Å². The molecule has 0 N–H and O–H groups in total. The molecule has 0 saturated carbocycles. The molecule has 0 spiro atoms. The molecule has 0 amide bonds. The third kappa shape index (κ3) is 2.31. The molecule has 3 aromatic rings. The molecule has 19 heavy (non-hydrogen) atoms. The van der Waals surface area contributed by atoms with E-state index in [1.54, 1.807) is 6.07 Å². The van der Waals surface area contributed by atoms with Crippen LogP contribution in [0.3, 0.4) is 0 Å². The third-order valence-corrected chi connectivity index (χ3v) is 3.28. The Balaban J connectivity index is 2.02. The number of benzene rings is 1. The van der Waals surface area contributed by atoms with Crippen LogP contribution in [-0.2, 0) is 13.0 Å². The Morgan fingerprint density at radius 2 is 1.95 bits per heavy atom. The second kappa shape index (κ2) is 4.97. The SMILES string of the molecule is CCn1c(Cc2ccc(Cl)nn2)nc2ccccc21. The van der Waals surface area contributed by atoms with E-state index in [0.717, 1.165) is 29.1 Å². The Morgan fingerprint density at radius 3 is 2.68 bits per heavy atom. The summed E-state index contributed by atoms with van der Waals surface area (Å²) in [5, 5.41) is 8.36. The Labute approximate surface area is 116 Å². The maximum absolute atomic E-state index is 5.74. The van der Waals surface area contributed by atoms with Gasteiger partial charge >= 0.3 is 0 Å². The van der Waals surface area contributed by atoms with Crippen LogP contribution in [0, 0.1) is 0 Å². The summed E-state index contributed by atoms with van der Waals surface area (Å²) >= 11 is 5.74. The van der Waals surface area contributed by atoms with Gasteiger partial charge in [0.1, 0.15) is 5.82 Å². The predicted octanol–water partition coefficient (Wildman–Crippen LogP) is 3.09. The van der Waals surface area contributed by atoms with Crippen molar-refractivity contribution in [2.45, 2.75) is 19.9 Å².